The minimum Gasteiger partial charge on any atom is -0.497 e. The Balaban J connectivity index is 1.90. The van der Waals surface area contributed by atoms with Crippen LogP contribution in [0, 0.1) is 11.8 Å². The normalized spacial score (nSPS) is 20.0. The zero-order valence-electron chi connectivity index (χ0n) is 18.5. The number of hydrogen-bond acceptors (Lipinski definition) is 5. The van der Waals surface area contributed by atoms with E-state index in [2.05, 4.69) is 0 Å². The van der Waals surface area contributed by atoms with Gasteiger partial charge in [-0.05, 0) is 54.9 Å². The van der Waals surface area contributed by atoms with Crippen LogP contribution in [0.2, 0.25) is 0 Å². The quantitative estimate of drug-likeness (QED) is 0.362. The standard InChI is InChI=1S/C25H34O6/c1-30-17-19-13-18(15-22(16-19)31-2)14-21(26)11-9-20-10-12-24(27)23(20)7-5-3-4-6-8-25(28)29/h3,5,9,11,13,15-16,20-21,23,26H,4,6-8,10,12,14,17H2,1-2H3,(H,28,29)/b5-3-,11-9+/t20?,21?,23-/m1/s1. The summed E-state index contributed by atoms with van der Waals surface area (Å²) in [5.74, 6) is 0.269. The Labute approximate surface area is 184 Å². The molecule has 1 aromatic rings. The third-order valence-corrected chi connectivity index (χ3v) is 5.57. The Morgan fingerprint density at radius 1 is 1.23 bits per heavy atom. The van der Waals surface area contributed by atoms with Gasteiger partial charge in [-0.25, -0.2) is 0 Å². The molecule has 6 nitrogen and oxygen atoms in total. The number of ketones is 1. The van der Waals surface area contributed by atoms with Gasteiger partial charge in [0.2, 0.25) is 0 Å². The number of aliphatic carboxylic acids is 1. The number of Topliss-reactive ketones (excluding diaryl/α,β-unsaturated/α-hetero) is 1. The van der Waals surface area contributed by atoms with E-state index in [0.717, 1.165) is 23.3 Å². The monoisotopic (exact) mass is 430 g/mol. The summed E-state index contributed by atoms with van der Waals surface area (Å²) in [7, 11) is 3.26. The largest absolute Gasteiger partial charge is 0.497 e. The number of ether oxygens (including phenoxy) is 2. The third kappa shape index (κ3) is 8.67. The molecule has 6 heteroatoms. The van der Waals surface area contributed by atoms with Gasteiger partial charge in [-0.1, -0.05) is 30.4 Å². The first-order valence-corrected chi connectivity index (χ1v) is 10.8. The van der Waals surface area contributed by atoms with Crippen LogP contribution in [0.4, 0.5) is 0 Å². The second-order valence-corrected chi connectivity index (χ2v) is 8.05. The smallest absolute Gasteiger partial charge is 0.303 e. The van der Waals surface area contributed by atoms with Crippen molar-refractivity contribution in [1.82, 2.24) is 0 Å². The van der Waals surface area contributed by atoms with E-state index < -0.39 is 12.1 Å². The second-order valence-electron chi connectivity index (χ2n) is 8.05. The minimum atomic E-state index is -0.785. The van der Waals surface area contributed by atoms with E-state index in [1.54, 1.807) is 20.3 Å². The molecule has 0 radical (unpaired) electrons. The maximum atomic E-state index is 12.3. The highest BCUT2D eigenvalue weighted by atomic mass is 16.5. The Kier molecular flexibility index (Phi) is 10.5. The highest BCUT2D eigenvalue weighted by Gasteiger charge is 2.31. The van der Waals surface area contributed by atoms with E-state index in [4.69, 9.17) is 14.6 Å². The van der Waals surface area contributed by atoms with Crippen molar-refractivity contribution in [2.45, 2.75) is 57.7 Å². The number of carbonyl (C=O) groups is 2. The van der Waals surface area contributed by atoms with Crippen molar-refractivity contribution in [2.75, 3.05) is 14.2 Å². The molecule has 0 bridgehead atoms. The van der Waals surface area contributed by atoms with Gasteiger partial charge in [0.1, 0.15) is 11.5 Å². The van der Waals surface area contributed by atoms with Crippen LogP contribution in [0.15, 0.2) is 42.5 Å². The van der Waals surface area contributed by atoms with Crippen LogP contribution in [0.1, 0.15) is 49.7 Å². The van der Waals surface area contributed by atoms with Gasteiger partial charge >= 0.3 is 5.97 Å². The molecule has 3 atom stereocenters. The minimum absolute atomic E-state index is 0.0655. The van der Waals surface area contributed by atoms with Crippen molar-refractivity contribution in [3.63, 3.8) is 0 Å². The molecular weight excluding hydrogens is 396 g/mol. The molecule has 1 saturated carbocycles. The molecule has 0 heterocycles. The number of carboxylic acids is 1. The maximum absolute atomic E-state index is 12.3. The summed E-state index contributed by atoms with van der Waals surface area (Å²) in [6.45, 7) is 0.478. The number of hydrogen-bond donors (Lipinski definition) is 2. The van der Waals surface area contributed by atoms with Gasteiger partial charge in [-0.2, -0.15) is 0 Å². The molecule has 0 amide bonds. The van der Waals surface area contributed by atoms with Gasteiger partial charge in [0.05, 0.1) is 19.8 Å². The van der Waals surface area contributed by atoms with E-state index in [9.17, 15) is 14.7 Å². The van der Waals surface area contributed by atoms with E-state index >= 15 is 0 Å². The van der Waals surface area contributed by atoms with E-state index in [1.165, 1.54) is 0 Å². The molecule has 0 spiro atoms. The van der Waals surface area contributed by atoms with Crippen LogP contribution in [0.5, 0.6) is 5.75 Å². The highest BCUT2D eigenvalue weighted by Crippen LogP contribution is 2.33. The molecule has 170 valence electrons. The van der Waals surface area contributed by atoms with Crippen molar-refractivity contribution in [2.24, 2.45) is 11.8 Å². The van der Waals surface area contributed by atoms with Crippen LogP contribution in [-0.4, -0.2) is 42.3 Å². The van der Waals surface area contributed by atoms with Crippen molar-refractivity contribution in [3.05, 3.63) is 53.6 Å². The van der Waals surface area contributed by atoms with Crippen molar-refractivity contribution in [1.29, 1.82) is 0 Å². The molecule has 1 aliphatic rings. The molecule has 0 aliphatic heterocycles. The summed E-state index contributed by atoms with van der Waals surface area (Å²) >= 11 is 0. The first-order valence-electron chi connectivity index (χ1n) is 10.8. The van der Waals surface area contributed by atoms with Crippen LogP contribution >= 0.6 is 0 Å². The summed E-state index contributed by atoms with van der Waals surface area (Å²) in [6.07, 6.45) is 11.0. The molecule has 0 saturated heterocycles. The van der Waals surface area contributed by atoms with Gasteiger partial charge in [0.25, 0.3) is 0 Å². The molecule has 1 aromatic carbocycles. The zero-order chi connectivity index (χ0) is 22.6. The highest BCUT2D eigenvalue weighted by molar-refractivity contribution is 5.83. The number of benzene rings is 1. The first kappa shape index (κ1) is 24.8. The average Bonchev–Trinajstić information content (AvgIpc) is 3.08. The summed E-state index contributed by atoms with van der Waals surface area (Å²) in [5, 5.41) is 19.2. The van der Waals surface area contributed by atoms with Crippen molar-refractivity contribution >= 4 is 11.8 Å². The Hall–Kier alpha value is -2.44. The topological polar surface area (TPSA) is 93.1 Å². The number of rotatable bonds is 13. The number of aliphatic hydroxyl groups excluding tert-OH is 1. The van der Waals surface area contributed by atoms with Crippen LogP contribution in [-0.2, 0) is 27.4 Å². The van der Waals surface area contributed by atoms with Gasteiger partial charge < -0.3 is 19.7 Å². The number of carboxylic acid groups (broad SMARTS) is 1. The number of carbonyl (C=O) groups excluding carboxylic acids is 1. The fourth-order valence-electron chi connectivity index (χ4n) is 4.00. The Morgan fingerprint density at radius 3 is 2.71 bits per heavy atom. The molecule has 1 fully saturated rings. The zero-order valence-corrected chi connectivity index (χ0v) is 18.5. The molecule has 0 aromatic heterocycles. The van der Waals surface area contributed by atoms with Gasteiger partial charge in [0.15, 0.2) is 0 Å². The molecule has 2 rings (SSSR count). The number of allylic oxidation sites excluding steroid dienone is 3. The van der Waals surface area contributed by atoms with Crippen molar-refractivity contribution < 1.29 is 29.3 Å². The molecule has 2 unspecified atom stereocenters. The van der Waals surface area contributed by atoms with E-state index in [1.807, 2.05) is 36.4 Å². The van der Waals surface area contributed by atoms with Crippen LogP contribution < -0.4 is 4.74 Å². The summed E-state index contributed by atoms with van der Waals surface area (Å²) in [4.78, 5) is 22.8. The third-order valence-electron chi connectivity index (χ3n) is 5.57. The molecule has 1 aliphatic carbocycles. The lowest BCUT2D eigenvalue weighted by Crippen LogP contribution is -2.14. The fraction of sp³-hybridized carbons (Fsp3) is 0.520. The summed E-state index contributed by atoms with van der Waals surface area (Å²) < 4.78 is 10.5. The molecular formula is C25H34O6. The SMILES string of the molecule is COCc1cc(CC(O)/C=C/C2CCC(=O)[C@@H]2C/C=C\CCCC(=O)O)cc(OC)c1. The number of unbranched alkanes of at least 4 members (excludes halogenated alkanes) is 1. The number of methoxy groups -OCH3 is 2. The van der Waals surface area contributed by atoms with Crippen LogP contribution in [0.3, 0.4) is 0 Å². The summed E-state index contributed by atoms with van der Waals surface area (Å²) in [5.41, 5.74) is 1.96. The lowest BCUT2D eigenvalue weighted by atomic mass is 9.91. The van der Waals surface area contributed by atoms with Gasteiger partial charge in [0, 0.05) is 32.3 Å². The van der Waals surface area contributed by atoms with Gasteiger partial charge in [-0.3, -0.25) is 9.59 Å². The molecule has 31 heavy (non-hydrogen) atoms. The predicted octanol–water partition coefficient (Wildman–Crippen LogP) is 4.10. The van der Waals surface area contributed by atoms with Crippen molar-refractivity contribution in [3.8, 4) is 5.75 Å². The second kappa shape index (κ2) is 13.1. The van der Waals surface area contributed by atoms with E-state index in [-0.39, 0.29) is 24.0 Å². The van der Waals surface area contributed by atoms with Gasteiger partial charge in [-0.15, -0.1) is 0 Å². The Bertz CT molecular complexity index is 782. The number of aliphatic hydroxyl groups is 1. The lowest BCUT2D eigenvalue weighted by molar-refractivity contribution is -0.137. The average molecular weight is 431 g/mol. The Morgan fingerprint density at radius 2 is 2.00 bits per heavy atom. The van der Waals surface area contributed by atoms with E-state index in [0.29, 0.717) is 38.7 Å². The summed E-state index contributed by atoms with van der Waals surface area (Å²) in [6, 6.07) is 5.83. The predicted molar refractivity (Wildman–Crippen MR) is 119 cm³/mol. The lowest BCUT2D eigenvalue weighted by Gasteiger charge is -2.14. The van der Waals surface area contributed by atoms with Crippen LogP contribution in [0.25, 0.3) is 0 Å². The molecule has 2 N–H and O–H groups in total. The fourth-order valence-corrected chi connectivity index (χ4v) is 4.00. The first-order chi connectivity index (χ1) is 14.9. The maximum Gasteiger partial charge on any atom is 0.303 e.